The first kappa shape index (κ1) is 14.3. The maximum atomic E-state index is 12.3. The van der Waals surface area contributed by atoms with Crippen LogP contribution in [0.15, 0.2) is 0 Å². The lowest BCUT2D eigenvalue weighted by Crippen LogP contribution is -2.46. The van der Waals surface area contributed by atoms with Crippen LogP contribution in [0, 0.1) is 11.8 Å². The fourth-order valence-corrected chi connectivity index (χ4v) is 3.31. The summed E-state index contributed by atoms with van der Waals surface area (Å²) in [7, 11) is 0. The second kappa shape index (κ2) is 6.37. The molecular weight excluding hydrogens is 244 g/mol. The monoisotopic (exact) mass is 268 g/mol. The Kier molecular flexibility index (Phi) is 4.80. The fraction of sp³-hybridized carbons (Fsp3) is 0.857. The molecule has 0 bridgehead atoms. The minimum Gasteiger partial charge on any atom is -0.481 e. The molecule has 0 aromatic heterocycles. The van der Waals surface area contributed by atoms with Crippen LogP contribution < -0.4 is 11.1 Å². The van der Waals surface area contributed by atoms with Gasteiger partial charge in [-0.05, 0) is 38.5 Å². The van der Waals surface area contributed by atoms with Crippen molar-refractivity contribution in [3.8, 4) is 0 Å². The molecule has 5 heteroatoms. The molecule has 0 aromatic carbocycles. The fourth-order valence-electron chi connectivity index (χ4n) is 3.31. The van der Waals surface area contributed by atoms with Crippen LogP contribution in [0.3, 0.4) is 0 Å². The van der Waals surface area contributed by atoms with E-state index in [0.29, 0.717) is 12.8 Å². The Hall–Kier alpha value is -1.10. The summed E-state index contributed by atoms with van der Waals surface area (Å²) in [5.41, 5.74) is 5.84. The van der Waals surface area contributed by atoms with Gasteiger partial charge in [0.25, 0.3) is 0 Å². The molecule has 2 atom stereocenters. The Balaban J connectivity index is 1.89. The third kappa shape index (κ3) is 3.69. The maximum Gasteiger partial charge on any atom is 0.307 e. The highest BCUT2D eigenvalue weighted by atomic mass is 16.4. The van der Waals surface area contributed by atoms with Crippen molar-refractivity contribution in [3.63, 3.8) is 0 Å². The first-order valence-corrected chi connectivity index (χ1v) is 7.36. The highest BCUT2D eigenvalue weighted by Gasteiger charge is 2.36. The summed E-state index contributed by atoms with van der Waals surface area (Å²) in [5.74, 6) is -1.74. The standard InChI is InChI=1S/C14H24N2O3/c15-9-5-7-10(8-6-9)16-13(17)11-3-1-2-4-12(11)14(18)19/h9-12H,1-8,15H2,(H,16,17)(H,18,19)/t9?,10?,11-,12+/m1/s1. The van der Waals surface area contributed by atoms with Gasteiger partial charge in [0.1, 0.15) is 0 Å². The van der Waals surface area contributed by atoms with Gasteiger partial charge in [-0.1, -0.05) is 12.8 Å². The van der Waals surface area contributed by atoms with Crippen LogP contribution >= 0.6 is 0 Å². The van der Waals surface area contributed by atoms with Crippen LogP contribution in [0.25, 0.3) is 0 Å². The van der Waals surface area contributed by atoms with Crippen molar-refractivity contribution >= 4 is 11.9 Å². The number of amides is 1. The average Bonchev–Trinajstić information content (AvgIpc) is 2.41. The lowest BCUT2D eigenvalue weighted by atomic mass is 9.78. The van der Waals surface area contributed by atoms with Gasteiger partial charge in [-0.3, -0.25) is 9.59 Å². The van der Waals surface area contributed by atoms with Gasteiger partial charge in [-0.25, -0.2) is 0 Å². The SMILES string of the molecule is NC1CCC(NC(=O)[C@@H]2CCCC[C@@H]2C(=O)O)CC1. The van der Waals surface area contributed by atoms with Crippen LogP contribution in [-0.4, -0.2) is 29.1 Å². The normalized spacial score (nSPS) is 35.6. The number of hydrogen-bond acceptors (Lipinski definition) is 3. The van der Waals surface area contributed by atoms with E-state index in [4.69, 9.17) is 5.73 Å². The molecule has 0 radical (unpaired) electrons. The number of carbonyl (C=O) groups excluding carboxylic acids is 1. The number of hydrogen-bond donors (Lipinski definition) is 3. The second-order valence-corrected chi connectivity index (χ2v) is 5.96. The van der Waals surface area contributed by atoms with Crippen molar-refractivity contribution in [3.05, 3.63) is 0 Å². The van der Waals surface area contributed by atoms with Gasteiger partial charge in [0.05, 0.1) is 11.8 Å². The number of carboxylic acids is 1. The van der Waals surface area contributed by atoms with E-state index in [1.165, 1.54) is 0 Å². The molecule has 5 nitrogen and oxygen atoms in total. The summed E-state index contributed by atoms with van der Waals surface area (Å²) in [6.07, 6.45) is 6.92. The Morgan fingerprint density at radius 2 is 1.53 bits per heavy atom. The molecule has 0 spiro atoms. The lowest BCUT2D eigenvalue weighted by Gasteiger charge is -2.31. The molecule has 2 aliphatic carbocycles. The van der Waals surface area contributed by atoms with Gasteiger partial charge in [-0.15, -0.1) is 0 Å². The first-order chi connectivity index (χ1) is 9.08. The van der Waals surface area contributed by atoms with E-state index in [1.807, 2.05) is 0 Å². The minimum atomic E-state index is -0.828. The Bertz CT molecular complexity index is 338. The smallest absolute Gasteiger partial charge is 0.307 e. The van der Waals surface area contributed by atoms with Crippen molar-refractivity contribution in [1.29, 1.82) is 0 Å². The predicted octanol–water partition coefficient (Wildman–Crippen LogP) is 1.26. The van der Waals surface area contributed by atoms with E-state index in [9.17, 15) is 14.7 Å². The van der Waals surface area contributed by atoms with Crippen molar-refractivity contribution in [2.45, 2.75) is 63.5 Å². The average molecular weight is 268 g/mol. The molecule has 0 heterocycles. The van der Waals surface area contributed by atoms with E-state index in [-0.39, 0.29) is 23.9 Å². The van der Waals surface area contributed by atoms with Crippen molar-refractivity contribution < 1.29 is 14.7 Å². The number of nitrogens with one attached hydrogen (secondary N) is 1. The molecule has 0 saturated heterocycles. The van der Waals surface area contributed by atoms with Crippen molar-refractivity contribution in [2.75, 3.05) is 0 Å². The molecule has 2 rings (SSSR count). The quantitative estimate of drug-likeness (QED) is 0.718. The van der Waals surface area contributed by atoms with Crippen LogP contribution in [0.1, 0.15) is 51.4 Å². The van der Waals surface area contributed by atoms with Gasteiger partial charge in [0, 0.05) is 12.1 Å². The molecule has 0 unspecified atom stereocenters. The van der Waals surface area contributed by atoms with E-state index < -0.39 is 11.9 Å². The lowest BCUT2D eigenvalue weighted by molar-refractivity contribution is -0.149. The van der Waals surface area contributed by atoms with E-state index in [2.05, 4.69) is 5.32 Å². The predicted molar refractivity (Wildman–Crippen MR) is 71.5 cm³/mol. The van der Waals surface area contributed by atoms with Gasteiger partial charge in [0.2, 0.25) is 5.91 Å². The first-order valence-electron chi connectivity index (χ1n) is 7.36. The van der Waals surface area contributed by atoms with Crippen LogP contribution in [0.4, 0.5) is 0 Å². The molecule has 108 valence electrons. The highest BCUT2D eigenvalue weighted by molar-refractivity contribution is 5.85. The zero-order valence-corrected chi connectivity index (χ0v) is 11.3. The molecule has 4 N–H and O–H groups in total. The van der Waals surface area contributed by atoms with E-state index >= 15 is 0 Å². The summed E-state index contributed by atoms with van der Waals surface area (Å²) in [4.78, 5) is 23.5. The number of nitrogens with two attached hydrogens (primary N) is 1. The summed E-state index contributed by atoms with van der Waals surface area (Å²) < 4.78 is 0. The summed E-state index contributed by atoms with van der Waals surface area (Å²) >= 11 is 0. The topological polar surface area (TPSA) is 92.4 Å². The van der Waals surface area contributed by atoms with Crippen LogP contribution in [-0.2, 0) is 9.59 Å². The number of aliphatic carboxylic acids is 1. The molecule has 0 aliphatic heterocycles. The van der Waals surface area contributed by atoms with Gasteiger partial charge in [-0.2, -0.15) is 0 Å². The second-order valence-electron chi connectivity index (χ2n) is 5.96. The molecule has 0 aromatic rings. The summed E-state index contributed by atoms with van der Waals surface area (Å²) in [6.45, 7) is 0. The van der Waals surface area contributed by atoms with E-state index in [0.717, 1.165) is 38.5 Å². The summed E-state index contributed by atoms with van der Waals surface area (Å²) in [5, 5.41) is 12.2. The number of carbonyl (C=O) groups is 2. The minimum absolute atomic E-state index is 0.0624. The third-order valence-corrected chi connectivity index (χ3v) is 4.54. The highest BCUT2D eigenvalue weighted by Crippen LogP contribution is 2.31. The Morgan fingerprint density at radius 3 is 2.11 bits per heavy atom. The Labute approximate surface area is 113 Å². The Morgan fingerprint density at radius 1 is 0.947 bits per heavy atom. The zero-order chi connectivity index (χ0) is 13.8. The molecule has 2 fully saturated rings. The van der Waals surface area contributed by atoms with Gasteiger partial charge in [0.15, 0.2) is 0 Å². The molecule has 2 aliphatic rings. The van der Waals surface area contributed by atoms with Gasteiger partial charge < -0.3 is 16.2 Å². The van der Waals surface area contributed by atoms with Crippen LogP contribution in [0.2, 0.25) is 0 Å². The zero-order valence-electron chi connectivity index (χ0n) is 11.3. The van der Waals surface area contributed by atoms with E-state index in [1.54, 1.807) is 0 Å². The van der Waals surface area contributed by atoms with Gasteiger partial charge >= 0.3 is 5.97 Å². The number of carboxylic acid groups (broad SMARTS) is 1. The third-order valence-electron chi connectivity index (χ3n) is 4.54. The summed E-state index contributed by atoms with van der Waals surface area (Å²) in [6, 6.07) is 0.443. The number of rotatable bonds is 3. The molecule has 1 amide bonds. The maximum absolute atomic E-state index is 12.3. The van der Waals surface area contributed by atoms with Crippen LogP contribution in [0.5, 0.6) is 0 Å². The van der Waals surface area contributed by atoms with Crippen molar-refractivity contribution in [1.82, 2.24) is 5.32 Å². The molecular formula is C14H24N2O3. The largest absolute Gasteiger partial charge is 0.481 e. The molecule has 2 saturated carbocycles. The molecule has 19 heavy (non-hydrogen) atoms. The van der Waals surface area contributed by atoms with Crippen molar-refractivity contribution in [2.24, 2.45) is 17.6 Å².